The summed E-state index contributed by atoms with van der Waals surface area (Å²) in [5.74, 6) is -0.321. The van der Waals surface area contributed by atoms with Crippen LogP contribution in [0.25, 0.3) is 21.8 Å². The molecule has 0 radical (unpaired) electrons. The predicted octanol–water partition coefficient (Wildman–Crippen LogP) is 3.86. The van der Waals surface area contributed by atoms with Gasteiger partial charge in [-0.15, -0.1) is 0 Å². The summed E-state index contributed by atoms with van der Waals surface area (Å²) in [5.41, 5.74) is 11.1. The summed E-state index contributed by atoms with van der Waals surface area (Å²) in [4.78, 5) is 4.74. The average Bonchev–Trinajstić information content (AvgIpc) is 2.72. The number of hydrogen-bond donors (Lipinski definition) is 3. The number of nitrogens with two attached hydrogens (primary N) is 1. The van der Waals surface area contributed by atoms with Gasteiger partial charge in [0.15, 0.2) is 0 Å². The maximum atomic E-state index is 10.8. The molecule has 0 saturated heterocycles. The van der Waals surface area contributed by atoms with Crippen molar-refractivity contribution in [1.29, 1.82) is 0 Å². The van der Waals surface area contributed by atoms with E-state index in [1.807, 2.05) is 66.7 Å². The summed E-state index contributed by atoms with van der Waals surface area (Å²) in [5, 5.41) is 5.52. The van der Waals surface area contributed by atoms with E-state index in [9.17, 15) is 8.42 Å². The van der Waals surface area contributed by atoms with Crippen LogP contribution in [0.15, 0.2) is 66.7 Å². The number of benzene rings is 3. The van der Waals surface area contributed by atoms with Gasteiger partial charge in [-0.25, -0.2) is 4.98 Å². The van der Waals surface area contributed by atoms with Gasteiger partial charge in [0.25, 0.3) is 10.1 Å². The molecule has 4 rings (SSSR count). The van der Waals surface area contributed by atoms with Gasteiger partial charge in [-0.3, -0.25) is 4.55 Å². The van der Waals surface area contributed by atoms with Crippen molar-refractivity contribution in [2.45, 2.75) is 13.0 Å². The quantitative estimate of drug-likeness (QED) is 0.120. The summed E-state index contributed by atoms with van der Waals surface area (Å²) in [6, 6.07) is 21.5. The Bertz CT molecular complexity index is 1290. The van der Waals surface area contributed by atoms with Crippen molar-refractivity contribution in [2.75, 3.05) is 23.4 Å². The second-order valence-corrected chi connectivity index (χ2v) is 8.87. The number of fused-ring (bicyclic) bond motifs is 2. The Labute approximate surface area is 209 Å². The molecule has 7 nitrogen and oxygen atoms in total. The molecule has 1 heterocycles. The summed E-state index contributed by atoms with van der Waals surface area (Å²) < 4.78 is 35.9. The van der Waals surface area contributed by atoms with Crippen molar-refractivity contribution < 1.29 is 17.7 Å². The fourth-order valence-corrected chi connectivity index (χ4v) is 4.01. The van der Waals surface area contributed by atoms with Crippen molar-refractivity contribution in [3.05, 3.63) is 72.3 Å². The SMILES string of the molecule is Nc1cc(COCCCS(=O)(=O)O)cc(Nc2c3ccccc3nc3ccccc23)c1.[NaH]. The van der Waals surface area contributed by atoms with Crippen LogP contribution in [0.4, 0.5) is 17.1 Å². The van der Waals surface area contributed by atoms with E-state index in [0.29, 0.717) is 5.69 Å². The van der Waals surface area contributed by atoms with Gasteiger partial charge in [0.2, 0.25) is 0 Å². The molecule has 0 aliphatic rings. The molecule has 0 saturated carbocycles. The van der Waals surface area contributed by atoms with Crippen LogP contribution in [0, 0.1) is 0 Å². The molecule has 32 heavy (non-hydrogen) atoms. The number of anilines is 3. The molecule has 0 bridgehead atoms. The van der Waals surface area contributed by atoms with Gasteiger partial charge in [0.1, 0.15) is 0 Å². The van der Waals surface area contributed by atoms with Gasteiger partial charge >= 0.3 is 29.6 Å². The summed E-state index contributed by atoms with van der Waals surface area (Å²) in [6.07, 6.45) is 0.223. The molecule has 162 valence electrons. The van der Waals surface area contributed by atoms with Crippen molar-refractivity contribution in [2.24, 2.45) is 0 Å². The van der Waals surface area contributed by atoms with Crippen molar-refractivity contribution in [1.82, 2.24) is 4.98 Å². The van der Waals surface area contributed by atoms with E-state index in [0.717, 1.165) is 38.7 Å². The van der Waals surface area contributed by atoms with E-state index in [1.54, 1.807) is 0 Å². The fourth-order valence-electron chi connectivity index (χ4n) is 3.53. The fraction of sp³-hybridized carbons (Fsp3) is 0.174. The third-order valence-corrected chi connectivity index (χ3v) is 5.64. The van der Waals surface area contributed by atoms with Crippen LogP contribution >= 0.6 is 0 Å². The Morgan fingerprint density at radius 3 is 2.22 bits per heavy atom. The molecule has 4 N–H and O–H groups in total. The Morgan fingerprint density at radius 1 is 0.969 bits per heavy atom. The minimum absolute atomic E-state index is 0. The van der Waals surface area contributed by atoms with Gasteiger partial charge in [-0.1, -0.05) is 36.4 Å². The molecule has 0 aliphatic heterocycles. The van der Waals surface area contributed by atoms with Gasteiger partial charge in [0.05, 0.1) is 29.1 Å². The number of para-hydroxylation sites is 2. The first-order valence-corrected chi connectivity index (χ1v) is 11.5. The van der Waals surface area contributed by atoms with Gasteiger partial charge < -0.3 is 15.8 Å². The topological polar surface area (TPSA) is 115 Å². The Hall–Kier alpha value is -2.20. The Kier molecular flexibility index (Phi) is 8.10. The Balaban J connectivity index is 0.00000289. The third kappa shape index (κ3) is 6.19. The second kappa shape index (κ2) is 10.6. The molecule has 0 amide bonds. The van der Waals surface area contributed by atoms with Gasteiger partial charge in [-0.05, 0) is 42.3 Å². The van der Waals surface area contributed by atoms with Gasteiger partial charge in [0, 0.05) is 28.8 Å². The second-order valence-electron chi connectivity index (χ2n) is 7.30. The first kappa shape index (κ1) is 24.4. The zero-order valence-electron chi connectivity index (χ0n) is 16.8. The summed E-state index contributed by atoms with van der Waals surface area (Å²) >= 11 is 0. The summed E-state index contributed by atoms with van der Waals surface area (Å²) in [7, 11) is -3.97. The van der Waals surface area contributed by atoms with E-state index in [-0.39, 0.29) is 54.9 Å². The van der Waals surface area contributed by atoms with E-state index in [4.69, 9.17) is 20.0 Å². The van der Waals surface area contributed by atoms with Crippen LogP contribution in [0.1, 0.15) is 12.0 Å². The molecule has 0 unspecified atom stereocenters. The van der Waals surface area contributed by atoms with E-state index < -0.39 is 10.1 Å². The molecule has 0 atom stereocenters. The standard InChI is InChI=1S/C23H23N3O4S.Na.H/c24-17-12-16(15-30-10-5-11-31(27,28)29)13-18(14-17)25-23-19-6-1-3-8-21(19)26-22-9-4-2-7-20(22)23;;/h1-4,6-9,12-14H,5,10-11,15,24H2,(H,25,26)(H,27,28,29);;. The zero-order valence-corrected chi connectivity index (χ0v) is 17.6. The number of nitrogens with one attached hydrogen (secondary N) is 1. The van der Waals surface area contributed by atoms with E-state index in [1.165, 1.54) is 0 Å². The van der Waals surface area contributed by atoms with Crippen molar-refractivity contribution in [3.63, 3.8) is 0 Å². The Morgan fingerprint density at radius 2 is 1.59 bits per heavy atom. The zero-order chi connectivity index (χ0) is 21.8. The summed E-state index contributed by atoms with van der Waals surface area (Å²) in [6.45, 7) is 0.500. The number of nitrogen functional groups attached to an aromatic ring is 1. The monoisotopic (exact) mass is 461 g/mol. The van der Waals surface area contributed by atoms with Crippen LogP contribution in [0.2, 0.25) is 0 Å². The number of pyridine rings is 1. The average molecular weight is 462 g/mol. The van der Waals surface area contributed by atoms with Crippen molar-refractivity contribution in [3.8, 4) is 0 Å². The van der Waals surface area contributed by atoms with E-state index >= 15 is 0 Å². The first-order chi connectivity index (χ1) is 14.9. The maximum absolute atomic E-state index is 10.8. The van der Waals surface area contributed by atoms with Crippen LogP contribution < -0.4 is 11.1 Å². The molecule has 1 aromatic heterocycles. The van der Waals surface area contributed by atoms with E-state index in [2.05, 4.69) is 5.32 Å². The molecule has 9 heteroatoms. The molecule has 0 spiro atoms. The van der Waals surface area contributed by atoms with Crippen LogP contribution in [0.3, 0.4) is 0 Å². The molecular weight excluding hydrogens is 437 g/mol. The normalized spacial score (nSPS) is 11.4. The van der Waals surface area contributed by atoms with Crippen LogP contribution in [-0.2, 0) is 21.5 Å². The third-order valence-electron chi connectivity index (χ3n) is 4.83. The number of nitrogens with zero attached hydrogens (tertiary/aromatic N) is 1. The number of rotatable bonds is 8. The van der Waals surface area contributed by atoms with Crippen LogP contribution in [0.5, 0.6) is 0 Å². The van der Waals surface area contributed by atoms with Crippen molar-refractivity contribution >= 4 is 78.5 Å². The minimum atomic E-state index is -3.97. The number of ether oxygens (including phenoxy) is 1. The van der Waals surface area contributed by atoms with Gasteiger partial charge in [-0.2, -0.15) is 8.42 Å². The first-order valence-electron chi connectivity index (χ1n) is 9.86. The molecule has 4 aromatic rings. The molecule has 0 aliphatic carbocycles. The van der Waals surface area contributed by atoms with Crippen LogP contribution in [-0.4, -0.2) is 59.9 Å². The number of aromatic nitrogens is 1. The predicted molar refractivity (Wildman–Crippen MR) is 131 cm³/mol. The molecule has 3 aromatic carbocycles. The molecule has 0 fully saturated rings. The molecular formula is C23H24N3NaO4S. The number of hydrogen-bond acceptors (Lipinski definition) is 6.